The molecule has 2 aromatic rings. The minimum atomic E-state index is 0.631. The minimum Gasteiger partial charge on any atom is -0.384 e. The number of rotatable bonds is 3. The van der Waals surface area contributed by atoms with Crippen molar-refractivity contribution in [2.75, 3.05) is 5.73 Å². The zero-order valence-electron chi connectivity index (χ0n) is 9.70. The summed E-state index contributed by atoms with van der Waals surface area (Å²) in [6.07, 6.45) is 1.61. The Morgan fingerprint density at radius 1 is 1.35 bits per heavy atom. The van der Waals surface area contributed by atoms with Crippen molar-refractivity contribution in [1.82, 2.24) is 10.2 Å². The van der Waals surface area contributed by atoms with Gasteiger partial charge < -0.3 is 5.73 Å². The normalized spacial score (nSPS) is 10.1. The summed E-state index contributed by atoms with van der Waals surface area (Å²) in [6.45, 7) is 2.05. The molecule has 0 radical (unpaired) electrons. The van der Waals surface area contributed by atoms with Crippen molar-refractivity contribution in [3.8, 4) is 6.07 Å². The van der Waals surface area contributed by atoms with Crippen molar-refractivity contribution in [2.45, 2.75) is 19.8 Å². The van der Waals surface area contributed by atoms with Gasteiger partial charge in [0.25, 0.3) is 0 Å². The molecular formula is C13H14N4. The molecule has 0 aliphatic heterocycles. The van der Waals surface area contributed by atoms with E-state index in [9.17, 15) is 0 Å². The molecule has 0 saturated heterocycles. The number of nitrogens with two attached hydrogens (primary N) is 1. The van der Waals surface area contributed by atoms with Crippen molar-refractivity contribution in [1.29, 1.82) is 5.26 Å². The Morgan fingerprint density at radius 2 is 2.06 bits per heavy atom. The van der Waals surface area contributed by atoms with E-state index >= 15 is 0 Å². The van der Waals surface area contributed by atoms with Crippen LogP contribution in [-0.4, -0.2) is 10.2 Å². The first-order valence-electron chi connectivity index (χ1n) is 5.55. The molecule has 1 aromatic heterocycles. The second-order valence-electron chi connectivity index (χ2n) is 3.90. The van der Waals surface area contributed by atoms with Gasteiger partial charge in [-0.25, -0.2) is 0 Å². The van der Waals surface area contributed by atoms with Gasteiger partial charge in [-0.05, 0) is 24.1 Å². The predicted molar refractivity (Wildman–Crippen MR) is 66.3 cm³/mol. The van der Waals surface area contributed by atoms with E-state index in [0.717, 1.165) is 29.7 Å². The highest BCUT2D eigenvalue weighted by Gasteiger charge is 2.09. The third kappa shape index (κ3) is 2.28. The highest BCUT2D eigenvalue weighted by atomic mass is 15.2. The fourth-order valence-electron chi connectivity index (χ4n) is 1.81. The maximum atomic E-state index is 8.73. The molecule has 1 aromatic carbocycles. The Morgan fingerprint density at radius 3 is 2.65 bits per heavy atom. The van der Waals surface area contributed by atoms with Gasteiger partial charge in [0.1, 0.15) is 5.82 Å². The van der Waals surface area contributed by atoms with Gasteiger partial charge in [0, 0.05) is 12.0 Å². The maximum Gasteiger partial charge on any atom is 0.122 e. The molecular weight excluding hydrogens is 212 g/mol. The molecule has 0 aliphatic rings. The van der Waals surface area contributed by atoms with E-state index in [0.29, 0.717) is 11.4 Å². The van der Waals surface area contributed by atoms with E-state index in [-0.39, 0.29) is 0 Å². The molecule has 1 heterocycles. The summed E-state index contributed by atoms with van der Waals surface area (Å²) in [5, 5.41) is 15.7. The number of nitrogen functional groups attached to an aromatic ring is 1. The molecule has 4 heteroatoms. The molecule has 0 spiro atoms. The summed E-state index contributed by atoms with van der Waals surface area (Å²) in [4.78, 5) is 0. The third-order valence-corrected chi connectivity index (χ3v) is 2.78. The summed E-state index contributed by atoms with van der Waals surface area (Å²) in [5.74, 6) is 0.631. The van der Waals surface area contributed by atoms with Gasteiger partial charge in [-0.3, -0.25) is 5.10 Å². The largest absolute Gasteiger partial charge is 0.384 e. The maximum absolute atomic E-state index is 8.73. The lowest BCUT2D eigenvalue weighted by atomic mass is 10.0. The fraction of sp³-hybridized carbons (Fsp3) is 0.231. The predicted octanol–water partition coefficient (Wildman–Crippen LogP) is 2.02. The van der Waals surface area contributed by atoms with Gasteiger partial charge in [-0.2, -0.15) is 10.4 Å². The van der Waals surface area contributed by atoms with Gasteiger partial charge in [0.15, 0.2) is 0 Å². The molecule has 0 atom stereocenters. The molecule has 0 aliphatic carbocycles. The van der Waals surface area contributed by atoms with E-state index < -0.39 is 0 Å². The van der Waals surface area contributed by atoms with E-state index in [1.165, 1.54) is 0 Å². The molecule has 0 bridgehead atoms. The number of nitrogens with zero attached hydrogens (tertiary/aromatic N) is 2. The highest BCUT2D eigenvalue weighted by Crippen LogP contribution is 2.19. The Bertz CT molecular complexity index is 546. The Balaban J connectivity index is 2.25. The lowest BCUT2D eigenvalue weighted by Crippen LogP contribution is -1.96. The van der Waals surface area contributed by atoms with Crippen LogP contribution < -0.4 is 5.73 Å². The van der Waals surface area contributed by atoms with Gasteiger partial charge in [-0.1, -0.05) is 19.1 Å². The van der Waals surface area contributed by atoms with Gasteiger partial charge >= 0.3 is 0 Å². The number of hydrogen-bond acceptors (Lipinski definition) is 3. The molecule has 17 heavy (non-hydrogen) atoms. The van der Waals surface area contributed by atoms with Crippen LogP contribution in [-0.2, 0) is 12.8 Å². The van der Waals surface area contributed by atoms with Crippen molar-refractivity contribution in [3.05, 3.63) is 46.6 Å². The lowest BCUT2D eigenvalue weighted by Gasteiger charge is -2.02. The van der Waals surface area contributed by atoms with E-state index in [2.05, 4.69) is 23.2 Å². The number of anilines is 1. The number of aromatic nitrogens is 2. The van der Waals surface area contributed by atoms with E-state index in [4.69, 9.17) is 11.0 Å². The second-order valence-corrected chi connectivity index (χ2v) is 3.90. The average molecular weight is 226 g/mol. The van der Waals surface area contributed by atoms with Crippen LogP contribution in [0.1, 0.15) is 29.3 Å². The van der Waals surface area contributed by atoms with Crippen LogP contribution in [0.3, 0.4) is 0 Å². The van der Waals surface area contributed by atoms with E-state index in [1.54, 1.807) is 0 Å². The summed E-state index contributed by atoms with van der Waals surface area (Å²) in [6, 6.07) is 9.63. The molecule has 0 unspecified atom stereocenters. The molecule has 4 nitrogen and oxygen atoms in total. The van der Waals surface area contributed by atoms with Crippen LogP contribution in [0.2, 0.25) is 0 Å². The van der Waals surface area contributed by atoms with Crippen LogP contribution in [0, 0.1) is 11.3 Å². The molecule has 86 valence electrons. The van der Waals surface area contributed by atoms with Crippen molar-refractivity contribution in [3.63, 3.8) is 0 Å². The first kappa shape index (κ1) is 11.2. The highest BCUT2D eigenvalue weighted by molar-refractivity contribution is 5.45. The number of nitriles is 1. The molecule has 2 rings (SSSR count). The standard InChI is InChI=1S/C13H14N4/c1-2-12-11(13(15)17-16-12)7-9-3-5-10(8-14)6-4-9/h3-6H,2,7H2,1H3,(H3,15,16,17). The van der Waals surface area contributed by atoms with Crippen LogP contribution in [0.4, 0.5) is 5.82 Å². The van der Waals surface area contributed by atoms with Crippen molar-refractivity contribution < 1.29 is 0 Å². The summed E-state index contributed by atoms with van der Waals surface area (Å²) < 4.78 is 0. The number of aryl methyl sites for hydroxylation is 1. The van der Waals surface area contributed by atoms with Crippen molar-refractivity contribution >= 4 is 5.82 Å². The van der Waals surface area contributed by atoms with Crippen LogP contribution >= 0.6 is 0 Å². The average Bonchev–Trinajstić information content (AvgIpc) is 2.71. The van der Waals surface area contributed by atoms with Crippen LogP contribution in [0.5, 0.6) is 0 Å². The molecule has 0 saturated carbocycles. The van der Waals surface area contributed by atoms with Crippen LogP contribution in [0.15, 0.2) is 24.3 Å². The summed E-state index contributed by atoms with van der Waals surface area (Å²) in [5.41, 5.74) is 9.71. The Hall–Kier alpha value is -2.28. The summed E-state index contributed by atoms with van der Waals surface area (Å²) >= 11 is 0. The quantitative estimate of drug-likeness (QED) is 0.840. The first-order valence-corrected chi connectivity index (χ1v) is 5.55. The number of H-pyrrole nitrogens is 1. The minimum absolute atomic E-state index is 0.631. The third-order valence-electron chi connectivity index (χ3n) is 2.78. The lowest BCUT2D eigenvalue weighted by molar-refractivity contribution is 0.962. The smallest absolute Gasteiger partial charge is 0.122 e. The number of aromatic amines is 1. The number of hydrogen-bond donors (Lipinski definition) is 2. The molecule has 0 fully saturated rings. The monoisotopic (exact) mass is 226 g/mol. The second kappa shape index (κ2) is 4.71. The molecule has 3 N–H and O–H groups in total. The topological polar surface area (TPSA) is 78.5 Å². The molecule has 0 amide bonds. The first-order chi connectivity index (χ1) is 8.24. The van der Waals surface area contributed by atoms with Gasteiger partial charge in [-0.15, -0.1) is 0 Å². The number of benzene rings is 1. The Kier molecular flexibility index (Phi) is 3.10. The van der Waals surface area contributed by atoms with E-state index in [1.807, 2.05) is 24.3 Å². The van der Waals surface area contributed by atoms with Gasteiger partial charge in [0.05, 0.1) is 17.3 Å². The fourth-order valence-corrected chi connectivity index (χ4v) is 1.81. The van der Waals surface area contributed by atoms with Crippen molar-refractivity contribution in [2.24, 2.45) is 0 Å². The Labute approximate surface area is 100 Å². The summed E-state index contributed by atoms with van der Waals surface area (Å²) in [7, 11) is 0. The van der Waals surface area contributed by atoms with Crippen LogP contribution in [0.25, 0.3) is 0 Å². The van der Waals surface area contributed by atoms with Gasteiger partial charge in [0.2, 0.25) is 0 Å². The zero-order chi connectivity index (χ0) is 12.3. The number of nitrogens with one attached hydrogen (secondary N) is 1. The zero-order valence-corrected chi connectivity index (χ0v) is 9.70. The SMILES string of the molecule is CCc1n[nH]c(N)c1Cc1ccc(C#N)cc1.